The van der Waals surface area contributed by atoms with Gasteiger partial charge in [-0.3, -0.25) is 4.79 Å². The lowest BCUT2D eigenvalue weighted by Gasteiger charge is -2.44. The maximum absolute atomic E-state index is 13.4. The molecule has 1 aliphatic heterocycles. The van der Waals surface area contributed by atoms with E-state index in [1.807, 2.05) is 0 Å². The van der Waals surface area contributed by atoms with Crippen molar-refractivity contribution in [3.05, 3.63) is 12.2 Å². The second-order valence-electron chi connectivity index (χ2n) is 14.9. The maximum Gasteiger partial charge on any atom is 0.224 e. The fourth-order valence-electron chi connectivity index (χ4n) is 7.05. The van der Waals surface area contributed by atoms with Crippen molar-refractivity contribution in [2.24, 2.45) is 0 Å². The normalized spacial score (nSPS) is 21.1. The van der Waals surface area contributed by atoms with Crippen LogP contribution in [0.3, 0.4) is 0 Å². The predicted molar refractivity (Wildman–Crippen MR) is 204 cm³/mol. The Labute approximate surface area is 302 Å². The zero-order chi connectivity index (χ0) is 35.8. The highest BCUT2D eigenvalue weighted by Gasteiger charge is 2.46. The zero-order valence-electron chi connectivity index (χ0n) is 32.2. The molecule has 1 heterocycles. The van der Waals surface area contributed by atoms with Crippen LogP contribution in [-0.4, -0.2) is 75.0 Å². The van der Waals surface area contributed by atoms with Crippen LogP contribution in [0.5, 0.6) is 0 Å². The summed E-state index contributed by atoms with van der Waals surface area (Å²) in [6, 6.07) is 0. The van der Waals surface area contributed by atoms with E-state index in [0.29, 0.717) is 13.0 Å². The molecule has 1 rings (SSSR count). The van der Waals surface area contributed by atoms with Gasteiger partial charge in [-0.25, -0.2) is 0 Å². The van der Waals surface area contributed by atoms with Crippen LogP contribution in [0.15, 0.2) is 12.2 Å². The SMILES string of the molecule is CCCCCCCC/C=C\CCCCCCCC(=O)N(CCCCCCCCCCCCCCCCCC)C1O[C@H](CO)[C@@H](O)[C@H](O)[C@H]1O. The highest BCUT2D eigenvalue weighted by atomic mass is 16.6. The standard InChI is InChI=1S/C42H81NO6/c1-3-5-7-9-11-13-15-17-19-21-23-25-27-29-31-33-35-43(42-41(48)40(47)39(46)37(36-44)49-42)38(45)34-32-30-28-26-24-22-20-18-16-14-12-10-8-6-4-2/h18,20,37,39-42,44,46-48H,3-17,19,21-36H2,1-2H3/b20-18-/t37-,39-,40+,41-,42?/m1/s1. The van der Waals surface area contributed by atoms with Gasteiger partial charge in [0.25, 0.3) is 0 Å². The average molecular weight is 696 g/mol. The molecule has 7 nitrogen and oxygen atoms in total. The van der Waals surface area contributed by atoms with Crippen LogP contribution in [0.1, 0.15) is 206 Å². The lowest BCUT2D eigenvalue weighted by atomic mass is 9.97. The lowest BCUT2D eigenvalue weighted by Crippen LogP contribution is -2.64. The van der Waals surface area contributed by atoms with Crippen LogP contribution in [0.4, 0.5) is 0 Å². The van der Waals surface area contributed by atoms with Gasteiger partial charge in [0, 0.05) is 13.0 Å². The third kappa shape index (κ3) is 23.2. The van der Waals surface area contributed by atoms with Crippen molar-refractivity contribution >= 4 is 5.91 Å². The number of unbranched alkanes of at least 4 members (excludes halogenated alkanes) is 26. The Morgan fingerprint density at radius 1 is 0.531 bits per heavy atom. The van der Waals surface area contributed by atoms with Crippen molar-refractivity contribution in [2.75, 3.05) is 13.2 Å². The first-order valence-electron chi connectivity index (χ1n) is 21.2. The first kappa shape index (κ1) is 46.0. The number of carbonyl (C=O) groups excluding carboxylic acids is 1. The Bertz CT molecular complexity index is 761. The lowest BCUT2D eigenvalue weighted by molar-refractivity contribution is -0.262. The number of hydrogen-bond donors (Lipinski definition) is 4. The van der Waals surface area contributed by atoms with E-state index in [9.17, 15) is 25.2 Å². The molecule has 0 aromatic heterocycles. The second-order valence-corrected chi connectivity index (χ2v) is 14.9. The Balaban J connectivity index is 2.30. The molecule has 0 saturated carbocycles. The average Bonchev–Trinajstić information content (AvgIpc) is 3.10. The summed E-state index contributed by atoms with van der Waals surface area (Å²) in [5.41, 5.74) is 0. The minimum Gasteiger partial charge on any atom is -0.394 e. The van der Waals surface area contributed by atoms with Gasteiger partial charge in [0.05, 0.1) is 6.61 Å². The van der Waals surface area contributed by atoms with Gasteiger partial charge in [-0.15, -0.1) is 0 Å². The van der Waals surface area contributed by atoms with Gasteiger partial charge in [-0.2, -0.15) is 0 Å². The molecule has 0 aromatic rings. The van der Waals surface area contributed by atoms with Gasteiger partial charge in [0.15, 0.2) is 6.23 Å². The van der Waals surface area contributed by atoms with E-state index >= 15 is 0 Å². The Morgan fingerprint density at radius 2 is 0.918 bits per heavy atom. The van der Waals surface area contributed by atoms with Crippen LogP contribution in [-0.2, 0) is 9.53 Å². The Hall–Kier alpha value is -0.990. The van der Waals surface area contributed by atoms with Gasteiger partial charge < -0.3 is 30.1 Å². The minimum absolute atomic E-state index is 0.0945. The van der Waals surface area contributed by atoms with E-state index in [4.69, 9.17) is 4.74 Å². The van der Waals surface area contributed by atoms with Crippen molar-refractivity contribution < 1.29 is 30.0 Å². The summed E-state index contributed by atoms with van der Waals surface area (Å²) in [6.45, 7) is 4.47. The number of allylic oxidation sites excluding steroid dienone is 2. The van der Waals surface area contributed by atoms with E-state index in [0.717, 1.165) is 51.4 Å². The summed E-state index contributed by atoms with van der Waals surface area (Å²) < 4.78 is 5.81. The van der Waals surface area contributed by atoms with E-state index in [-0.39, 0.29) is 5.91 Å². The summed E-state index contributed by atoms with van der Waals surface area (Å²) in [6.07, 6.45) is 34.5. The van der Waals surface area contributed by atoms with E-state index in [1.165, 1.54) is 135 Å². The van der Waals surface area contributed by atoms with Gasteiger partial charge in [-0.1, -0.05) is 174 Å². The molecule has 1 saturated heterocycles. The number of nitrogens with zero attached hydrogens (tertiary/aromatic N) is 1. The fourth-order valence-corrected chi connectivity index (χ4v) is 7.05. The molecule has 1 aliphatic rings. The molecule has 0 spiro atoms. The van der Waals surface area contributed by atoms with Crippen LogP contribution < -0.4 is 0 Å². The largest absolute Gasteiger partial charge is 0.394 e. The van der Waals surface area contributed by atoms with Crippen molar-refractivity contribution in [1.29, 1.82) is 0 Å². The molecule has 1 unspecified atom stereocenters. The summed E-state index contributed by atoms with van der Waals surface area (Å²) in [4.78, 5) is 15.0. The van der Waals surface area contributed by atoms with Crippen molar-refractivity contribution in [3.8, 4) is 0 Å². The van der Waals surface area contributed by atoms with Crippen LogP contribution in [0, 0.1) is 0 Å². The van der Waals surface area contributed by atoms with Crippen molar-refractivity contribution in [3.63, 3.8) is 0 Å². The summed E-state index contributed by atoms with van der Waals surface area (Å²) in [5.74, 6) is -0.0945. The third-order valence-corrected chi connectivity index (χ3v) is 10.4. The number of ether oxygens (including phenoxy) is 1. The highest BCUT2D eigenvalue weighted by Crippen LogP contribution is 2.25. The number of hydrogen-bond acceptors (Lipinski definition) is 6. The summed E-state index contributed by atoms with van der Waals surface area (Å²) in [5, 5.41) is 41.1. The van der Waals surface area contributed by atoms with Crippen LogP contribution in [0.25, 0.3) is 0 Å². The molecule has 4 N–H and O–H groups in total. The topological polar surface area (TPSA) is 110 Å². The number of aliphatic hydroxyl groups is 4. The van der Waals surface area contributed by atoms with Gasteiger partial charge >= 0.3 is 0 Å². The zero-order valence-corrected chi connectivity index (χ0v) is 32.2. The molecule has 0 aromatic carbocycles. The Kier molecular flexibility index (Phi) is 30.9. The second kappa shape index (κ2) is 32.9. The predicted octanol–water partition coefficient (Wildman–Crippen LogP) is 9.91. The first-order chi connectivity index (χ1) is 24.0. The number of rotatable bonds is 34. The monoisotopic (exact) mass is 696 g/mol. The van der Waals surface area contributed by atoms with E-state index < -0.39 is 37.3 Å². The highest BCUT2D eigenvalue weighted by molar-refractivity contribution is 5.76. The van der Waals surface area contributed by atoms with Gasteiger partial charge in [0.2, 0.25) is 5.91 Å². The third-order valence-electron chi connectivity index (χ3n) is 10.4. The Morgan fingerprint density at radius 3 is 1.35 bits per heavy atom. The number of aliphatic hydroxyl groups excluding tert-OH is 4. The molecular weight excluding hydrogens is 614 g/mol. The molecule has 49 heavy (non-hydrogen) atoms. The van der Waals surface area contributed by atoms with E-state index in [2.05, 4.69) is 26.0 Å². The van der Waals surface area contributed by atoms with E-state index in [1.54, 1.807) is 4.90 Å². The molecule has 0 bridgehead atoms. The summed E-state index contributed by atoms with van der Waals surface area (Å²) >= 11 is 0. The smallest absolute Gasteiger partial charge is 0.224 e. The quantitative estimate of drug-likeness (QED) is 0.0394. The van der Waals surface area contributed by atoms with Gasteiger partial charge in [-0.05, 0) is 38.5 Å². The first-order valence-corrected chi connectivity index (χ1v) is 21.2. The number of amides is 1. The fraction of sp³-hybridized carbons (Fsp3) is 0.929. The molecule has 5 atom stereocenters. The van der Waals surface area contributed by atoms with Crippen molar-refractivity contribution in [2.45, 2.75) is 237 Å². The molecule has 7 heteroatoms. The molecule has 0 radical (unpaired) electrons. The molecule has 1 amide bonds. The molecular formula is C42H81NO6. The maximum atomic E-state index is 13.4. The molecule has 0 aliphatic carbocycles. The minimum atomic E-state index is -1.48. The number of carbonyl (C=O) groups is 1. The van der Waals surface area contributed by atoms with Crippen molar-refractivity contribution in [1.82, 2.24) is 4.90 Å². The van der Waals surface area contributed by atoms with Crippen LogP contribution >= 0.6 is 0 Å². The molecule has 290 valence electrons. The summed E-state index contributed by atoms with van der Waals surface area (Å²) in [7, 11) is 0. The molecule has 1 fully saturated rings. The van der Waals surface area contributed by atoms with Gasteiger partial charge in [0.1, 0.15) is 24.4 Å². The van der Waals surface area contributed by atoms with Crippen LogP contribution in [0.2, 0.25) is 0 Å².